The molecule has 2 amide bonds. The second-order valence-corrected chi connectivity index (χ2v) is 12.7. The minimum absolute atomic E-state index is 0.0309. The van der Waals surface area contributed by atoms with Crippen molar-refractivity contribution in [2.24, 2.45) is 5.92 Å². The van der Waals surface area contributed by atoms with E-state index in [0.717, 1.165) is 50.4 Å². The van der Waals surface area contributed by atoms with Gasteiger partial charge >= 0.3 is 6.18 Å². The summed E-state index contributed by atoms with van der Waals surface area (Å²) in [6.07, 6.45) is 1.40. The normalized spacial score (nSPS) is 19.3. The summed E-state index contributed by atoms with van der Waals surface area (Å²) >= 11 is 0. The van der Waals surface area contributed by atoms with E-state index in [1.54, 1.807) is 0 Å². The van der Waals surface area contributed by atoms with Gasteiger partial charge in [0.15, 0.2) is 15.7 Å². The number of amides is 2. The summed E-state index contributed by atoms with van der Waals surface area (Å²) < 4.78 is 63.8. The first-order valence-electron chi connectivity index (χ1n) is 13.2. The SMILES string of the molecule is CN1CCC[C@@H](NC(=O)CC2CCN(c3ncc(S(C)(=O)=O)cc3NC(=O)c3cccc(C(F)(F)F)c3)CC2)C1. The van der Waals surface area contributed by atoms with Crippen molar-refractivity contribution in [1.82, 2.24) is 15.2 Å². The van der Waals surface area contributed by atoms with Crippen LogP contribution in [0.3, 0.4) is 0 Å². The van der Waals surface area contributed by atoms with Crippen LogP contribution in [0.25, 0.3) is 0 Å². The lowest BCUT2D eigenvalue weighted by Gasteiger charge is -2.34. The summed E-state index contributed by atoms with van der Waals surface area (Å²) in [5, 5.41) is 5.70. The number of piperidine rings is 2. The van der Waals surface area contributed by atoms with Crippen molar-refractivity contribution in [2.75, 3.05) is 49.7 Å². The van der Waals surface area contributed by atoms with E-state index >= 15 is 0 Å². The molecule has 2 saturated heterocycles. The highest BCUT2D eigenvalue weighted by Gasteiger charge is 2.31. The molecule has 0 radical (unpaired) electrons. The van der Waals surface area contributed by atoms with Crippen LogP contribution in [0, 0.1) is 5.92 Å². The Balaban J connectivity index is 1.45. The zero-order valence-corrected chi connectivity index (χ0v) is 23.3. The minimum atomic E-state index is -4.62. The van der Waals surface area contributed by atoms with Crippen molar-refractivity contribution in [3.63, 3.8) is 0 Å². The van der Waals surface area contributed by atoms with E-state index in [1.165, 1.54) is 18.3 Å². The smallest absolute Gasteiger partial charge is 0.355 e. The molecule has 0 saturated carbocycles. The van der Waals surface area contributed by atoms with Gasteiger partial charge < -0.3 is 20.4 Å². The number of hydrogen-bond acceptors (Lipinski definition) is 7. The summed E-state index contributed by atoms with van der Waals surface area (Å²) in [7, 11) is -1.62. The Morgan fingerprint density at radius 2 is 1.82 bits per heavy atom. The first-order valence-corrected chi connectivity index (χ1v) is 15.1. The lowest BCUT2D eigenvalue weighted by molar-refractivity contribution is -0.137. The van der Waals surface area contributed by atoms with E-state index in [4.69, 9.17) is 0 Å². The van der Waals surface area contributed by atoms with Gasteiger partial charge in [0.25, 0.3) is 5.91 Å². The molecule has 2 fully saturated rings. The third-order valence-electron chi connectivity index (χ3n) is 7.35. The molecule has 0 unspecified atom stereocenters. The van der Waals surface area contributed by atoms with Gasteiger partial charge in [-0.05, 0) is 69.5 Å². The van der Waals surface area contributed by atoms with Gasteiger partial charge in [-0.3, -0.25) is 9.59 Å². The van der Waals surface area contributed by atoms with Crippen LogP contribution in [0.4, 0.5) is 24.7 Å². The van der Waals surface area contributed by atoms with Gasteiger partial charge in [0.2, 0.25) is 5.91 Å². The Morgan fingerprint density at radius 3 is 2.48 bits per heavy atom. The van der Waals surface area contributed by atoms with Crippen LogP contribution in [0.5, 0.6) is 0 Å². The molecular formula is C27H34F3N5O4S. The first kappa shape index (κ1) is 29.8. The Labute approximate surface area is 232 Å². The highest BCUT2D eigenvalue weighted by atomic mass is 32.2. The quantitative estimate of drug-likeness (QED) is 0.514. The van der Waals surface area contributed by atoms with Crippen molar-refractivity contribution in [3.8, 4) is 0 Å². The zero-order valence-electron chi connectivity index (χ0n) is 22.5. The molecule has 2 aliphatic heterocycles. The molecule has 4 rings (SSSR count). The molecular weight excluding hydrogens is 547 g/mol. The molecule has 2 aromatic rings. The Kier molecular flexibility index (Phi) is 9.03. The fourth-order valence-corrected chi connectivity index (χ4v) is 5.77. The molecule has 0 bridgehead atoms. The van der Waals surface area contributed by atoms with Gasteiger partial charge in [-0.15, -0.1) is 0 Å². The monoisotopic (exact) mass is 581 g/mol. The number of alkyl halides is 3. The zero-order chi connectivity index (χ0) is 29.1. The van der Waals surface area contributed by atoms with Crippen LogP contribution in [-0.2, 0) is 20.8 Å². The number of rotatable bonds is 7. The number of anilines is 2. The average Bonchev–Trinajstić information content (AvgIpc) is 2.88. The van der Waals surface area contributed by atoms with Crippen molar-refractivity contribution >= 4 is 33.2 Å². The predicted octanol–water partition coefficient (Wildman–Crippen LogP) is 3.57. The highest BCUT2D eigenvalue weighted by Crippen LogP contribution is 2.32. The maximum Gasteiger partial charge on any atom is 0.416 e. The van der Waals surface area contributed by atoms with E-state index in [2.05, 4.69) is 20.5 Å². The topological polar surface area (TPSA) is 112 Å². The summed E-state index contributed by atoms with van der Waals surface area (Å²) in [5.41, 5.74) is -1.10. The Hall–Kier alpha value is -3.19. The fraction of sp³-hybridized carbons (Fsp3) is 0.519. The Bertz CT molecular complexity index is 1340. The van der Waals surface area contributed by atoms with Gasteiger partial charge in [-0.1, -0.05) is 6.07 Å². The number of hydrogen-bond donors (Lipinski definition) is 2. The lowest BCUT2D eigenvalue weighted by atomic mass is 9.92. The summed E-state index contributed by atoms with van der Waals surface area (Å²) in [6.45, 7) is 2.91. The largest absolute Gasteiger partial charge is 0.416 e. The molecule has 9 nitrogen and oxygen atoms in total. The van der Waals surface area contributed by atoms with Crippen LogP contribution < -0.4 is 15.5 Å². The lowest BCUT2D eigenvalue weighted by Crippen LogP contribution is -2.47. The van der Waals surface area contributed by atoms with Crippen LogP contribution in [0.15, 0.2) is 41.4 Å². The standard InChI is InChI=1S/C27H34F3N5O4S/c1-34-10-4-7-21(17-34)32-24(36)13-18-8-11-35(12-9-18)25-23(15-22(16-31-25)40(2,38)39)33-26(37)19-5-3-6-20(14-19)27(28,29)30/h3,5-6,14-16,18,21H,4,7-13,17H2,1-2H3,(H,32,36)(H,33,37)/t21-/m1/s1. The maximum absolute atomic E-state index is 13.2. The predicted molar refractivity (Wildman–Crippen MR) is 145 cm³/mol. The van der Waals surface area contributed by atoms with E-state index in [9.17, 15) is 31.2 Å². The van der Waals surface area contributed by atoms with Gasteiger partial charge in [0, 0.05) is 50.1 Å². The van der Waals surface area contributed by atoms with Crippen LogP contribution in [-0.4, -0.2) is 75.6 Å². The number of halogens is 3. The van der Waals surface area contributed by atoms with Crippen molar-refractivity contribution in [1.29, 1.82) is 0 Å². The number of aromatic nitrogens is 1. The van der Waals surface area contributed by atoms with E-state index in [-0.39, 0.29) is 34.0 Å². The van der Waals surface area contributed by atoms with Crippen LogP contribution in [0.1, 0.15) is 48.0 Å². The second kappa shape index (κ2) is 12.1. The van der Waals surface area contributed by atoms with Crippen LogP contribution in [0.2, 0.25) is 0 Å². The third-order valence-corrected chi connectivity index (χ3v) is 8.43. The van der Waals surface area contributed by atoms with E-state index in [0.29, 0.717) is 38.2 Å². The number of nitrogens with one attached hydrogen (secondary N) is 2. The van der Waals surface area contributed by atoms with Crippen molar-refractivity contribution in [2.45, 2.75) is 49.2 Å². The van der Waals surface area contributed by atoms with Gasteiger partial charge in [0.1, 0.15) is 0 Å². The number of sulfone groups is 1. The fourth-order valence-electron chi connectivity index (χ4n) is 5.20. The van der Waals surface area contributed by atoms with Crippen molar-refractivity contribution in [3.05, 3.63) is 47.7 Å². The average molecular weight is 582 g/mol. The summed E-state index contributed by atoms with van der Waals surface area (Å²) in [4.78, 5) is 33.8. The molecule has 1 atom stereocenters. The third kappa shape index (κ3) is 7.72. The van der Waals surface area contributed by atoms with E-state index in [1.807, 2.05) is 11.9 Å². The summed E-state index contributed by atoms with van der Waals surface area (Å²) in [6, 6.07) is 5.42. The number of nitrogens with zero attached hydrogens (tertiary/aromatic N) is 3. The molecule has 40 heavy (non-hydrogen) atoms. The number of benzene rings is 1. The maximum atomic E-state index is 13.2. The molecule has 0 spiro atoms. The number of carbonyl (C=O) groups excluding carboxylic acids is 2. The molecule has 2 aliphatic rings. The number of likely N-dealkylation sites (N-methyl/N-ethyl adjacent to an activating group) is 1. The molecule has 3 heterocycles. The number of pyridine rings is 1. The number of carbonyl (C=O) groups is 2. The molecule has 1 aromatic carbocycles. The second-order valence-electron chi connectivity index (χ2n) is 10.7. The molecule has 13 heteroatoms. The first-order chi connectivity index (χ1) is 18.8. The number of likely N-dealkylation sites (tertiary alicyclic amines) is 1. The van der Waals surface area contributed by atoms with Gasteiger partial charge in [0.05, 0.1) is 16.1 Å². The minimum Gasteiger partial charge on any atom is -0.355 e. The highest BCUT2D eigenvalue weighted by molar-refractivity contribution is 7.90. The summed E-state index contributed by atoms with van der Waals surface area (Å²) in [5.74, 6) is -0.306. The molecule has 218 valence electrons. The molecule has 1 aromatic heterocycles. The van der Waals surface area contributed by atoms with Gasteiger partial charge in [-0.25, -0.2) is 13.4 Å². The van der Waals surface area contributed by atoms with E-state index < -0.39 is 27.5 Å². The Morgan fingerprint density at radius 1 is 1.10 bits per heavy atom. The van der Waals surface area contributed by atoms with Crippen LogP contribution >= 0.6 is 0 Å². The van der Waals surface area contributed by atoms with Crippen molar-refractivity contribution < 1.29 is 31.2 Å². The molecule has 2 N–H and O–H groups in total. The van der Waals surface area contributed by atoms with Gasteiger partial charge in [-0.2, -0.15) is 13.2 Å². The molecule has 0 aliphatic carbocycles.